The topological polar surface area (TPSA) is 46.2 Å². The van der Waals surface area contributed by atoms with Crippen LogP contribution in [0.5, 0.6) is 0 Å². The molecule has 0 saturated carbocycles. The second-order valence-corrected chi connectivity index (χ2v) is 6.79. The van der Waals surface area contributed by atoms with E-state index in [1.54, 1.807) is 7.05 Å². The van der Waals surface area contributed by atoms with Crippen LogP contribution in [-0.4, -0.2) is 39.2 Å². The van der Waals surface area contributed by atoms with Gasteiger partial charge in [0.2, 0.25) is 0 Å². The summed E-state index contributed by atoms with van der Waals surface area (Å²) in [6.45, 7) is 0. The first kappa shape index (κ1) is 14.8. The van der Waals surface area contributed by atoms with Crippen LogP contribution in [0.1, 0.15) is 25.7 Å². The molecule has 0 aromatic carbocycles. The van der Waals surface area contributed by atoms with E-state index in [0.29, 0.717) is 12.8 Å². The van der Waals surface area contributed by atoms with Gasteiger partial charge in [0, 0.05) is 12.5 Å². The Morgan fingerprint density at radius 2 is 2.06 bits per heavy atom. The zero-order valence-corrected chi connectivity index (χ0v) is 10.6. The quantitative estimate of drug-likeness (QED) is 0.830. The molecule has 1 heterocycles. The zero-order valence-electron chi connectivity index (χ0n) is 9.76. The van der Waals surface area contributed by atoms with E-state index < -0.39 is 22.4 Å². The molecule has 0 radical (unpaired) electrons. The van der Waals surface area contributed by atoms with E-state index in [1.165, 1.54) is 0 Å². The van der Waals surface area contributed by atoms with Gasteiger partial charge < -0.3 is 5.32 Å². The molecule has 0 spiro atoms. The summed E-state index contributed by atoms with van der Waals surface area (Å²) in [5.74, 6) is 0.220. The fourth-order valence-corrected chi connectivity index (χ4v) is 4.16. The molecule has 0 aromatic heterocycles. The van der Waals surface area contributed by atoms with Crippen LogP contribution in [0.4, 0.5) is 13.2 Å². The largest absolute Gasteiger partial charge is 0.389 e. The lowest BCUT2D eigenvalue weighted by Gasteiger charge is -2.22. The molecule has 1 saturated heterocycles. The van der Waals surface area contributed by atoms with Crippen LogP contribution in [0.25, 0.3) is 0 Å². The summed E-state index contributed by atoms with van der Waals surface area (Å²) in [6, 6.07) is -0.130. The van der Waals surface area contributed by atoms with Crippen molar-refractivity contribution in [3.8, 4) is 0 Å². The van der Waals surface area contributed by atoms with Crippen LogP contribution in [0, 0.1) is 5.92 Å². The number of nitrogens with one attached hydrogen (secondary N) is 1. The van der Waals surface area contributed by atoms with Crippen LogP contribution in [0.15, 0.2) is 0 Å². The summed E-state index contributed by atoms with van der Waals surface area (Å²) >= 11 is 0. The first-order chi connectivity index (χ1) is 7.73. The van der Waals surface area contributed by atoms with E-state index in [4.69, 9.17) is 0 Å². The Morgan fingerprint density at radius 1 is 1.41 bits per heavy atom. The van der Waals surface area contributed by atoms with E-state index in [2.05, 4.69) is 5.32 Å². The molecule has 0 aliphatic carbocycles. The number of sulfone groups is 1. The minimum atomic E-state index is -4.12. The third-order valence-electron chi connectivity index (χ3n) is 3.18. The molecule has 2 atom stereocenters. The van der Waals surface area contributed by atoms with Gasteiger partial charge in [-0.3, -0.25) is 0 Å². The van der Waals surface area contributed by atoms with Gasteiger partial charge >= 0.3 is 6.18 Å². The minimum absolute atomic E-state index is 0.0433. The third-order valence-corrected chi connectivity index (χ3v) is 4.98. The van der Waals surface area contributed by atoms with E-state index >= 15 is 0 Å². The average molecular weight is 273 g/mol. The fourth-order valence-electron chi connectivity index (χ4n) is 2.28. The van der Waals surface area contributed by atoms with E-state index in [0.717, 1.165) is 0 Å². The Kier molecular flexibility index (Phi) is 4.83. The van der Waals surface area contributed by atoms with Gasteiger partial charge in [-0.1, -0.05) is 0 Å². The van der Waals surface area contributed by atoms with Crippen molar-refractivity contribution in [2.75, 3.05) is 18.6 Å². The lowest BCUT2D eigenvalue weighted by atomic mass is 9.94. The number of hydrogen-bond donors (Lipinski definition) is 1. The number of hydrogen-bond acceptors (Lipinski definition) is 3. The second kappa shape index (κ2) is 5.56. The highest BCUT2D eigenvalue weighted by atomic mass is 32.2. The predicted octanol–water partition coefficient (Wildman–Crippen LogP) is 1.74. The Balaban J connectivity index is 2.39. The highest BCUT2D eigenvalue weighted by molar-refractivity contribution is 7.91. The molecule has 1 fully saturated rings. The maximum Gasteiger partial charge on any atom is 0.389 e. The minimum Gasteiger partial charge on any atom is -0.317 e. The molecule has 1 aliphatic heterocycles. The van der Waals surface area contributed by atoms with E-state index in [-0.39, 0.29) is 29.9 Å². The van der Waals surface area contributed by atoms with Gasteiger partial charge in [-0.25, -0.2) is 8.42 Å². The summed E-state index contributed by atoms with van der Waals surface area (Å²) < 4.78 is 58.6. The SMILES string of the molecule is CNC(CCCC(F)(F)F)C1CCS(=O)(=O)C1. The van der Waals surface area contributed by atoms with Crippen molar-refractivity contribution in [1.82, 2.24) is 5.32 Å². The van der Waals surface area contributed by atoms with Crippen LogP contribution >= 0.6 is 0 Å². The summed E-state index contributed by atoms with van der Waals surface area (Å²) in [6.07, 6.45) is -3.95. The summed E-state index contributed by atoms with van der Waals surface area (Å²) in [5, 5.41) is 2.94. The van der Waals surface area contributed by atoms with Crippen LogP contribution in [0.2, 0.25) is 0 Å². The zero-order chi connectivity index (χ0) is 13.1. The molecular weight excluding hydrogens is 255 g/mol. The highest BCUT2D eigenvalue weighted by Crippen LogP contribution is 2.27. The van der Waals surface area contributed by atoms with Crippen molar-refractivity contribution in [3.05, 3.63) is 0 Å². The van der Waals surface area contributed by atoms with Gasteiger partial charge in [-0.15, -0.1) is 0 Å². The van der Waals surface area contributed by atoms with E-state index in [1.807, 2.05) is 0 Å². The molecule has 7 heteroatoms. The van der Waals surface area contributed by atoms with Gasteiger partial charge in [0.25, 0.3) is 0 Å². The molecule has 1 rings (SSSR count). The molecule has 1 aliphatic rings. The normalized spacial score (nSPS) is 26.0. The molecular formula is C10H18F3NO2S. The van der Waals surface area contributed by atoms with Gasteiger partial charge in [0.15, 0.2) is 9.84 Å². The third kappa shape index (κ3) is 5.25. The predicted molar refractivity (Wildman–Crippen MR) is 59.5 cm³/mol. The molecule has 3 nitrogen and oxygen atoms in total. The molecule has 1 N–H and O–H groups in total. The maximum absolute atomic E-state index is 12.0. The number of alkyl halides is 3. The monoisotopic (exact) mass is 273 g/mol. The maximum atomic E-state index is 12.0. The molecule has 2 unspecified atom stereocenters. The lowest BCUT2D eigenvalue weighted by Crippen LogP contribution is -2.34. The summed E-state index contributed by atoms with van der Waals surface area (Å²) in [5.41, 5.74) is 0. The van der Waals surface area contributed by atoms with Crippen molar-refractivity contribution >= 4 is 9.84 Å². The fraction of sp³-hybridized carbons (Fsp3) is 1.00. The first-order valence-electron chi connectivity index (χ1n) is 5.68. The van der Waals surface area contributed by atoms with Crippen LogP contribution in [-0.2, 0) is 9.84 Å². The van der Waals surface area contributed by atoms with Gasteiger partial charge in [-0.05, 0) is 32.2 Å². The van der Waals surface area contributed by atoms with Crippen molar-refractivity contribution < 1.29 is 21.6 Å². The Labute approximate surface area is 99.7 Å². The molecule has 102 valence electrons. The Morgan fingerprint density at radius 3 is 2.47 bits per heavy atom. The van der Waals surface area contributed by atoms with Crippen molar-refractivity contribution in [2.24, 2.45) is 5.92 Å². The van der Waals surface area contributed by atoms with Gasteiger partial charge in [0.05, 0.1) is 11.5 Å². The standard InChI is InChI=1S/C10H18F3NO2S/c1-14-9(3-2-5-10(11,12)13)8-4-6-17(15,16)7-8/h8-9,14H,2-7H2,1H3. The average Bonchev–Trinajstić information content (AvgIpc) is 2.52. The Hall–Kier alpha value is -0.300. The van der Waals surface area contributed by atoms with Crippen molar-refractivity contribution in [2.45, 2.75) is 37.9 Å². The Bertz CT molecular complexity index is 340. The molecule has 0 bridgehead atoms. The second-order valence-electron chi connectivity index (χ2n) is 4.57. The van der Waals surface area contributed by atoms with Crippen molar-refractivity contribution in [3.63, 3.8) is 0 Å². The highest BCUT2D eigenvalue weighted by Gasteiger charge is 2.33. The molecule has 0 aromatic rings. The van der Waals surface area contributed by atoms with Crippen LogP contribution < -0.4 is 5.32 Å². The number of halogens is 3. The van der Waals surface area contributed by atoms with Crippen LogP contribution in [0.3, 0.4) is 0 Å². The number of rotatable bonds is 5. The molecule has 17 heavy (non-hydrogen) atoms. The smallest absolute Gasteiger partial charge is 0.317 e. The lowest BCUT2D eigenvalue weighted by molar-refractivity contribution is -0.136. The first-order valence-corrected chi connectivity index (χ1v) is 7.50. The van der Waals surface area contributed by atoms with Crippen molar-refractivity contribution in [1.29, 1.82) is 0 Å². The van der Waals surface area contributed by atoms with E-state index in [9.17, 15) is 21.6 Å². The van der Waals surface area contributed by atoms with Gasteiger partial charge in [-0.2, -0.15) is 13.2 Å². The summed E-state index contributed by atoms with van der Waals surface area (Å²) in [7, 11) is -1.30. The molecule has 0 amide bonds. The van der Waals surface area contributed by atoms with Gasteiger partial charge in [0.1, 0.15) is 0 Å². The summed E-state index contributed by atoms with van der Waals surface area (Å²) in [4.78, 5) is 0.